The summed E-state index contributed by atoms with van der Waals surface area (Å²) in [6.45, 7) is 3.09. The zero-order valence-corrected chi connectivity index (χ0v) is 12.9. The minimum Gasteiger partial charge on any atom is -0.395 e. The monoisotopic (exact) mass is 289 g/mol. The highest BCUT2D eigenvalue weighted by Crippen LogP contribution is 2.57. The van der Waals surface area contributed by atoms with E-state index in [0.29, 0.717) is 17.6 Å². The molecule has 3 nitrogen and oxygen atoms in total. The SMILES string of the molecule is CCOC1CC(NC(CO)Cc2ccccc2)C12CCC2. The fourth-order valence-corrected chi connectivity index (χ4v) is 4.03. The third-order valence-electron chi connectivity index (χ3n) is 5.42. The Kier molecular flexibility index (Phi) is 4.63. The van der Waals surface area contributed by atoms with E-state index in [-0.39, 0.29) is 12.6 Å². The van der Waals surface area contributed by atoms with Gasteiger partial charge in [-0.25, -0.2) is 0 Å². The van der Waals surface area contributed by atoms with Gasteiger partial charge in [0, 0.05) is 24.1 Å². The topological polar surface area (TPSA) is 41.5 Å². The lowest BCUT2D eigenvalue weighted by Gasteiger charge is -2.61. The quantitative estimate of drug-likeness (QED) is 0.810. The molecule has 1 aromatic carbocycles. The maximum atomic E-state index is 9.69. The molecule has 0 saturated heterocycles. The van der Waals surface area contributed by atoms with E-state index in [2.05, 4.69) is 36.5 Å². The van der Waals surface area contributed by atoms with Gasteiger partial charge in [0.25, 0.3) is 0 Å². The first-order valence-corrected chi connectivity index (χ1v) is 8.31. The van der Waals surface area contributed by atoms with E-state index in [4.69, 9.17) is 4.74 Å². The van der Waals surface area contributed by atoms with Crippen molar-refractivity contribution >= 4 is 0 Å². The highest BCUT2D eigenvalue weighted by molar-refractivity contribution is 5.17. The van der Waals surface area contributed by atoms with Crippen LogP contribution >= 0.6 is 0 Å². The van der Waals surface area contributed by atoms with Gasteiger partial charge in [-0.2, -0.15) is 0 Å². The fourth-order valence-electron chi connectivity index (χ4n) is 4.03. The molecule has 1 spiro atoms. The van der Waals surface area contributed by atoms with Gasteiger partial charge in [0.15, 0.2) is 0 Å². The van der Waals surface area contributed by atoms with Gasteiger partial charge in [-0.1, -0.05) is 36.8 Å². The van der Waals surface area contributed by atoms with Gasteiger partial charge in [0.1, 0.15) is 0 Å². The Labute approximate surface area is 127 Å². The molecule has 3 rings (SSSR count). The van der Waals surface area contributed by atoms with Crippen LogP contribution in [0.4, 0.5) is 0 Å². The van der Waals surface area contributed by atoms with E-state index in [1.54, 1.807) is 0 Å². The predicted octanol–water partition coefficient (Wildman–Crippen LogP) is 2.53. The number of benzene rings is 1. The Bertz CT molecular complexity index is 444. The van der Waals surface area contributed by atoms with E-state index < -0.39 is 0 Å². The lowest BCUT2D eigenvalue weighted by molar-refractivity contribution is -0.175. The summed E-state index contributed by atoms with van der Waals surface area (Å²) in [5.74, 6) is 0. The van der Waals surface area contributed by atoms with Crippen molar-refractivity contribution in [2.75, 3.05) is 13.2 Å². The Hall–Kier alpha value is -0.900. The minimum atomic E-state index is 0.150. The molecule has 3 atom stereocenters. The molecular formula is C18H27NO2. The summed E-state index contributed by atoms with van der Waals surface area (Å²) < 4.78 is 5.90. The van der Waals surface area contributed by atoms with Crippen molar-refractivity contribution in [3.05, 3.63) is 35.9 Å². The average Bonchev–Trinajstić information content (AvgIpc) is 2.44. The van der Waals surface area contributed by atoms with Crippen molar-refractivity contribution in [2.24, 2.45) is 5.41 Å². The van der Waals surface area contributed by atoms with Crippen LogP contribution in [0.25, 0.3) is 0 Å². The molecule has 2 saturated carbocycles. The lowest BCUT2D eigenvalue weighted by Crippen LogP contribution is -2.68. The molecule has 0 radical (unpaired) electrons. The van der Waals surface area contributed by atoms with E-state index in [1.807, 2.05) is 6.07 Å². The maximum Gasteiger partial charge on any atom is 0.0661 e. The van der Waals surface area contributed by atoms with Crippen molar-refractivity contribution in [3.63, 3.8) is 0 Å². The van der Waals surface area contributed by atoms with Crippen LogP contribution in [0.1, 0.15) is 38.2 Å². The largest absolute Gasteiger partial charge is 0.395 e. The van der Waals surface area contributed by atoms with E-state index in [1.165, 1.54) is 24.8 Å². The molecule has 0 amide bonds. The zero-order valence-electron chi connectivity index (χ0n) is 12.9. The highest BCUT2D eigenvalue weighted by atomic mass is 16.5. The van der Waals surface area contributed by atoms with Crippen LogP contribution in [0.15, 0.2) is 30.3 Å². The molecule has 2 fully saturated rings. The summed E-state index contributed by atoms with van der Waals surface area (Å²) >= 11 is 0. The summed E-state index contributed by atoms with van der Waals surface area (Å²) in [5.41, 5.74) is 1.65. The van der Waals surface area contributed by atoms with Gasteiger partial charge in [0.05, 0.1) is 12.7 Å². The Morgan fingerprint density at radius 3 is 2.67 bits per heavy atom. The molecule has 0 aliphatic heterocycles. The van der Waals surface area contributed by atoms with Crippen molar-refractivity contribution in [1.29, 1.82) is 0 Å². The second-order valence-corrected chi connectivity index (χ2v) is 6.55. The number of aliphatic hydroxyl groups excluding tert-OH is 1. The molecule has 3 heteroatoms. The van der Waals surface area contributed by atoms with Gasteiger partial charge in [-0.15, -0.1) is 0 Å². The molecule has 0 aromatic heterocycles. The molecule has 21 heavy (non-hydrogen) atoms. The van der Waals surface area contributed by atoms with Crippen LogP contribution < -0.4 is 5.32 Å². The summed E-state index contributed by atoms with van der Waals surface area (Å²) in [6, 6.07) is 11.1. The molecule has 2 N–H and O–H groups in total. The second-order valence-electron chi connectivity index (χ2n) is 6.55. The number of nitrogens with one attached hydrogen (secondary N) is 1. The summed E-state index contributed by atoms with van der Waals surface area (Å²) in [5, 5.41) is 13.4. The highest BCUT2D eigenvalue weighted by Gasteiger charge is 2.58. The summed E-state index contributed by atoms with van der Waals surface area (Å²) in [6.07, 6.45) is 6.30. The maximum absolute atomic E-state index is 9.69. The molecular weight excluding hydrogens is 262 g/mol. The third kappa shape index (κ3) is 2.87. The zero-order chi connectivity index (χ0) is 14.7. The first kappa shape index (κ1) is 15.0. The number of hydrogen-bond donors (Lipinski definition) is 2. The van der Waals surface area contributed by atoms with Crippen LogP contribution in [0.2, 0.25) is 0 Å². The Balaban J connectivity index is 1.57. The van der Waals surface area contributed by atoms with Crippen LogP contribution in [-0.2, 0) is 11.2 Å². The van der Waals surface area contributed by atoms with Gasteiger partial charge in [-0.3, -0.25) is 0 Å². The van der Waals surface area contributed by atoms with Gasteiger partial charge >= 0.3 is 0 Å². The second kappa shape index (κ2) is 6.47. The minimum absolute atomic E-state index is 0.150. The molecule has 1 aromatic rings. The average molecular weight is 289 g/mol. The van der Waals surface area contributed by atoms with E-state index in [9.17, 15) is 5.11 Å². The normalized spacial score (nSPS) is 27.9. The molecule has 0 heterocycles. The van der Waals surface area contributed by atoms with Crippen LogP contribution in [-0.4, -0.2) is 36.5 Å². The van der Waals surface area contributed by atoms with Crippen LogP contribution in [0.3, 0.4) is 0 Å². The molecule has 116 valence electrons. The summed E-state index contributed by atoms with van der Waals surface area (Å²) in [4.78, 5) is 0. The van der Waals surface area contributed by atoms with Gasteiger partial charge in [0.2, 0.25) is 0 Å². The van der Waals surface area contributed by atoms with Crippen molar-refractivity contribution < 1.29 is 9.84 Å². The first-order chi connectivity index (χ1) is 10.3. The van der Waals surface area contributed by atoms with Crippen molar-refractivity contribution in [2.45, 2.75) is 57.2 Å². The number of ether oxygens (including phenoxy) is 1. The number of rotatable bonds is 7. The molecule has 3 unspecified atom stereocenters. The smallest absolute Gasteiger partial charge is 0.0661 e. The van der Waals surface area contributed by atoms with Crippen LogP contribution in [0.5, 0.6) is 0 Å². The molecule has 2 aliphatic carbocycles. The first-order valence-electron chi connectivity index (χ1n) is 8.31. The number of aliphatic hydroxyl groups is 1. The number of hydrogen-bond acceptors (Lipinski definition) is 3. The molecule has 2 aliphatic rings. The fraction of sp³-hybridized carbons (Fsp3) is 0.667. The lowest BCUT2D eigenvalue weighted by atomic mass is 9.51. The van der Waals surface area contributed by atoms with E-state index in [0.717, 1.165) is 19.4 Å². The van der Waals surface area contributed by atoms with Gasteiger partial charge < -0.3 is 15.2 Å². The summed E-state index contributed by atoms with van der Waals surface area (Å²) in [7, 11) is 0. The van der Waals surface area contributed by atoms with Crippen molar-refractivity contribution in [3.8, 4) is 0 Å². The predicted molar refractivity (Wildman–Crippen MR) is 84.3 cm³/mol. The van der Waals surface area contributed by atoms with Gasteiger partial charge in [-0.05, 0) is 38.2 Å². The van der Waals surface area contributed by atoms with E-state index >= 15 is 0 Å². The van der Waals surface area contributed by atoms with Crippen LogP contribution in [0, 0.1) is 5.41 Å². The Morgan fingerprint density at radius 2 is 2.10 bits per heavy atom. The van der Waals surface area contributed by atoms with Crippen molar-refractivity contribution in [1.82, 2.24) is 5.32 Å². The molecule has 0 bridgehead atoms. The third-order valence-corrected chi connectivity index (χ3v) is 5.42. The Morgan fingerprint density at radius 1 is 1.33 bits per heavy atom. The standard InChI is InChI=1S/C18H27NO2/c1-2-21-17-12-16(18(17)9-6-10-18)19-15(13-20)11-14-7-4-3-5-8-14/h3-5,7-8,15-17,19-20H,2,6,9-13H2,1H3.